The highest BCUT2D eigenvalue weighted by Gasteiger charge is 2.13. The minimum Gasteiger partial charge on any atom is -0.369 e. The minimum absolute atomic E-state index is 0.538. The first-order chi connectivity index (χ1) is 9.10. The van der Waals surface area contributed by atoms with E-state index in [1.54, 1.807) is 0 Å². The first-order valence-corrected chi connectivity index (χ1v) is 7.66. The zero-order chi connectivity index (χ0) is 14.3. The van der Waals surface area contributed by atoms with Crippen molar-refractivity contribution in [1.82, 2.24) is 0 Å². The largest absolute Gasteiger partial charge is 0.369 e. The number of hydrogen-bond acceptors (Lipinski definition) is 2. The van der Waals surface area contributed by atoms with Crippen molar-refractivity contribution in [2.45, 2.75) is 59.4 Å². The molecule has 0 aliphatic heterocycles. The van der Waals surface area contributed by atoms with E-state index in [9.17, 15) is 0 Å². The number of unbranched alkanes of at least 4 members (excludes halogenated alkanes) is 2. The standard InChI is InChI=1S/C17H30N2/c1-5-6-7-12-19(14(2)3)17-9-8-15(4)13-16(17)10-11-18/h8-9,13-14H,5-7,10-12,18H2,1-4H3. The van der Waals surface area contributed by atoms with Crippen LogP contribution in [0.3, 0.4) is 0 Å². The van der Waals surface area contributed by atoms with Gasteiger partial charge in [0.05, 0.1) is 0 Å². The van der Waals surface area contributed by atoms with E-state index in [0.29, 0.717) is 6.04 Å². The van der Waals surface area contributed by atoms with Crippen LogP contribution < -0.4 is 10.6 Å². The third kappa shape index (κ3) is 4.87. The number of hydrogen-bond donors (Lipinski definition) is 1. The Hall–Kier alpha value is -1.02. The summed E-state index contributed by atoms with van der Waals surface area (Å²) in [7, 11) is 0. The second-order valence-electron chi connectivity index (χ2n) is 5.67. The summed E-state index contributed by atoms with van der Waals surface area (Å²) in [6, 6.07) is 7.31. The van der Waals surface area contributed by atoms with Gasteiger partial charge in [-0.1, -0.05) is 37.5 Å². The molecule has 0 heterocycles. The lowest BCUT2D eigenvalue weighted by Gasteiger charge is -2.31. The highest BCUT2D eigenvalue weighted by atomic mass is 15.1. The lowest BCUT2D eigenvalue weighted by Crippen LogP contribution is -2.32. The van der Waals surface area contributed by atoms with Crippen molar-refractivity contribution in [3.8, 4) is 0 Å². The average Bonchev–Trinajstić information content (AvgIpc) is 2.36. The van der Waals surface area contributed by atoms with Gasteiger partial charge in [-0.05, 0) is 51.8 Å². The van der Waals surface area contributed by atoms with Gasteiger partial charge < -0.3 is 10.6 Å². The molecule has 2 heteroatoms. The van der Waals surface area contributed by atoms with Crippen LogP contribution in [0.5, 0.6) is 0 Å². The molecule has 2 N–H and O–H groups in total. The monoisotopic (exact) mass is 262 g/mol. The molecule has 0 amide bonds. The molecule has 0 atom stereocenters. The summed E-state index contributed by atoms with van der Waals surface area (Å²) in [4.78, 5) is 2.53. The topological polar surface area (TPSA) is 29.3 Å². The highest BCUT2D eigenvalue weighted by Crippen LogP contribution is 2.25. The molecule has 1 rings (SSSR count). The summed E-state index contributed by atoms with van der Waals surface area (Å²) >= 11 is 0. The Kier molecular flexibility index (Phi) is 6.93. The summed E-state index contributed by atoms with van der Waals surface area (Å²) in [6.45, 7) is 10.8. The number of benzene rings is 1. The van der Waals surface area contributed by atoms with Crippen molar-refractivity contribution in [3.05, 3.63) is 29.3 Å². The minimum atomic E-state index is 0.538. The van der Waals surface area contributed by atoms with E-state index in [1.807, 2.05) is 0 Å². The van der Waals surface area contributed by atoms with Gasteiger partial charge in [0.1, 0.15) is 0 Å². The number of anilines is 1. The number of aryl methyl sites for hydroxylation is 1. The number of nitrogens with zero attached hydrogens (tertiary/aromatic N) is 1. The van der Waals surface area contributed by atoms with Crippen LogP contribution in [-0.2, 0) is 6.42 Å². The van der Waals surface area contributed by atoms with Gasteiger partial charge in [-0.3, -0.25) is 0 Å². The van der Waals surface area contributed by atoms with Gasteiger partial charge in [-0.2, -0.15) is 0 Å². The van der Waals surface area contributed by atoms with Crippen molar-refractivity contribution >= 4 is 5.69 Å². The number of rotatable bonds is 8. The molecule has 2 nitrogen and oxygen atoms in total. The maximum atomic E-state index is 5.76. The fraction of sp³-hybridized carbons (Fsp3) is 0.647. The molecule has 19 heavy (non-hydrogen) atoms. The smallest absolute Gasteiger partial charge is 0.0401 e. The third-order valence-electron chi connectivity index (χ3n) is 3.58. The molecule has 0 aliphatic carbocycles. The molecular formula is C17H30N2. The molecule has 108 valence electrons. The molecule has 0 aliphatic rings. The molecule has 0 unspecified atom stereocenters. The molecule has 0 spiro atoms. The second-order valence-corrected chi connectivity index (χ2v) is 5.67. The van der Waals surface area contributed by atoms with E-state index >= 15 is 0 Å². The van der Waals surface area contributed by atoms with Crippen LogP contribution in [0.2, 0.25) is 0 Å². The van der Waals surface area contributed by atoms with Gasteiger partial charge in [-0.25, -0.2) is 0 Å². The molecule has 0 saturated heterocycles. The Bertz CT molecular complexity index is 372. The summed E-state index contributed by atoms with van der Waals surface area (Å²) in [5.74, 6) is 0. The normalized spacial score (nSPS) is 11.1. The van der Waals surface area contributed by atoms with Gasteiger partial charge in [0.25, 0.3) is 0 Å². The van der Waals surface area contributed by atoms with E-state index in [1.165, 1.54) is 36.1 Å². The van der Waals surface area contributed by atoms with Gasteiger partial charge in [0.15, 0.2) is 0 Å². The van der Waals surface area contributed by atoms with Crippen molar-refractivity contribution in [1.29, 1.82) is 0 Å². The number of nitrogens with two attached hydrogens (primary N) is 1. The predicted octanol–water partition coefficient (Wildman–Crippen LogP) is 3.90. The Morgan fingerprint density at radius 2 is 1.95 bits per heavy atom. The van der Waals surface area contributed by atoms with Gasteiger partial charge >= 0.3 is 0 Å². The molecule has 1 aromatic rings. The van der Waals surface area contributed by atoms with Crippen LogP contribution in [0.25, 0.3) is 0 Å². The Balaban J connectivity index is 2.93. The van der Waals surface area contributed by atoms with Gasteiger partial charge in [0.2, 0.25) is 0 Å². The van der Waals surface area contributed by atoms with Crippen LogP contribution >= 0.6 is 0 Å². The van der Waals surface area contributed by atoms with Crippen molar-refractivity contribution in [2.75, 3.05) is 18.0 Å². The zero-order valence-corrected chi connectivity index (χ0v) is 13.1. The summed E-state index contributed by atoms with van der Waals surface area (Å²) in [5.41, 5.74) is 9.86. The van der Waals surface area contributed by atoms with Crippen LogP contribution in [0.1, 0.15) is 51.2 Å². The molecule has 0 saturated carbocycles. The molecule has 0 bridgehead atoms. The molecular weight excluding hydrogens is 232 g/mol. The maximum Gasteiger partial charge on any atom is 0.0401 e. The summed E-state index contributed by atoms with van der Waals surface area (Å²) in [6.07, 6.45) is 4.81. The van der Waals surface area contributed by atoms with E-state index in [4.69, 9.17) is 5.73 Å². The maximum absolute atomic E-state index is 5.76. The van der Waals surface area contributed by atoms with Crippen molar-refractivity contribution in [3.63, 3.8) is 0 Å². The predicted molar refractivity (Wildman–Crippen MR) is 85.9 cm³/mol. The SMILES string of the molecule is CCCCCN(c1ccc(C)cc1CCN)C(C)C. The van der Waals surface area contributed by atoms with Crippen LogP contribution in [0, 0.1) is 6.92 Å². The highest BCUT2D eigenvalue weighted by molar-refractivity contribution is 5.55. The molecule has 0 fully saturated rings. The van der Waals surface area contributed by atoms with Gasteiger partial charge in [-0.15, -0.1) is 0 Å². The van der Waals surface area contributed by atoms with E-state index < -0.39 is 0 Å². The quantitative estimate of drug-likeness (QED) is 0.720. The second kappa shape index (κ2) is 8.21. The van der Waals surface area contributed by atoms with E-state index in [-0.39, 0.29) is 0 Å². The van der Waals surface area contributed by atoms with Crippen LogP contribution in [0.15, 0.2) is 18.2 Å². The average molecular weight is 262 g/mol. The summed E-state index contributed by atoms with van der Waals surface area (Å²) in [5, 5.41) is 0. The molecule has 0 aromatic heterocycles. The first kappa shape index (κ1) is 16.0. The third-order valence-corrected chi connectivity index (χ3v) is 3.58. The lowest BCUT2D eigenvalue weighted by atomic mass is 10.0. The molecule has 0 radical (unpaired) electrons. The molecule has 1 aromatic carbocycles. The van der Waals surface area contributed by atoms with E-state index in [2.05, 4.69) is 50.8 Å². The Morgan fingerprint density at radius 3 is 2.53 bits per heavy atom. The van der Waals surface area contributed by atoms with Gasteiger partial charge in [0, 0.05) is 18.3 Å². The Morgan fingerprint density at radius 1 is 1.21 bits per heavy atom. The lowest BCUT2D eigenvalue weighted by molar-refractivity contribution is 0.623. The van der Waals surface area contributed by atoms with Crippen LogP contribution in [-0.4, -0.2) is 19.1 Å². The Labute approximate surface area is 119 Å². The zero-order valence-electron chi connectivity index (χ0n) is 13.1. The van der Waals surface area contributed by atoms with Crippen molar-refractivity contribution in [2.24, 2.45) is 5.73 Å². The fourth-order valence-corrected chi connectivity index (χ4v) is 2.54. The van der Waals surface area contributed by atoms with Crippen LogP contribution in [0.4, 0.5) is 5.69 Å². The fourth-order valence-electron chi connectivity index (χ4n) is 2.54. The van der Waals surface area contributed by atoms with Crippen molar-refractivity contribution < 1.29 is 0 Å². The van der Waals surface area contributed by atoms with E-state index in [0.717, 1.165) is 19.5 Å². The summed E-state index contributed by atoms with van der Waals surface area (Å²) < 4.78 is 0. The first-order valence-electron chi connectivity index (χ1n) is 7.66.